The van der Waals surface area contributed by atoms with Gasteiger partial charge < -0.3 is 4.74 Å². The third-order valence-corrected chi connectivity index (χ3v) is 2.45. The molecule has 1 heterocycles. The Balaban J connectivity index is 2.34. The molecule has 0 saturated heterocycles. The summed E-state index contributed by atoms with van der Waals surface area (Å²) in [5.74, 6) is -0.230. The van der Waals surface area contributed by atoms with E-state index in [2.05, 4.69) is 5.10 Å². The van der Waals surface area contributed by atoms with Crippen molar-refractivity contribution in [1.82, 2.24) is 9.78 Å². The lowest BCUT2D eigenvalue weighted by molar-refractivity contribution is -0.142. The summed E-state index contributed by atoms with van der Waals surface area (Å²) in [6.45, 7) is 2.21. The lowest BCUT2D eigenvalue weighted by Gasteiger charge is -1.98. The second-order valence-electron chi connectivity index (χ2n) is 3.57. The number of hydrogen-bond donors (Lipinski definition) is 0. The molecule has 0 fully saturated rings. The fourth-order valence-electron chi connectivity index (χ4n) is 1.77. The number of fused-ring (bicyclic) bond motifs is 1. The van der Waals surface area contributed by atoms with Gasteiger partial charge in [0.1, 0.15) is 0 Å². The average molecular weight is 218 g/mol. The number of aryl methyl sites for hydroxylation is 1. The topological polar surface area (TPSA) is 44.1 Å². The standard InChI is InChI=1S/C12H14N2O2/c1-3-16-12(15)8-10-9-6-4-5-7-11(9)14(2)13-10/h4-7H,3,8H2,1-2H3. The van der Waals surface area contributed by atoms with Crippen molar-refractivity contribution in [2.45, 2.75) is 13.3 Å². The zero-order valence-corrected chi connectivity index (χ0v) is 9.43. The molecule has 1 aromatic heterocycles. The first-order valence-corrected chi connectivity index (χ1v) is 5.28. The molecular formula is C12H14N2O2. The van der Waals surface area contributed by atoms with E-state index in [1.54, 1.807) is 11.6 Å². The first kappa shape index (κ1) is 10.7. The molecule has 0 unspecified atom stereocenters. The Morgan fingerprint density at radius 3 is 2.94 bits per heavy atom. The molecule has 0 aliphatic heterocycles. The zero-order valence-electron chi connectivity index (χ0n) is 9.43. The Bertz CT molecular complexity index is 517. The molecule has 2 aromatic rings. The van der Waals surface area contributed by atoms with Crippen LogP contribution in [0, 0.1) is 0 Å². The molecule has 84 valence electrons. The van der Waals surface area contributed by atoms with E-state index in [0.717, 1.165) is 16.6 Å². The van der Waals surface area contributed by atoms with Gasteiger partial charge in [-0.2, -0.15) is 5.10 Å². The maximum absolute atomic E-state index is 11.4. The predicted molar refractivity (Wildman–Crippen MR) is 61.1 cm³/mol. The minimum absolute atomic E-state index is 0.230. The SMILES string of the molecule is CCOC(=O)Cc1nn(C)c2ccccc12. The van der Waals surface area contributed by atoms with Crippen LogP contribution in [0.4, 0.5) is 0 Å². The van der Waals surface area contributed by atoms with Gasteiger partial charge in [0.25, 0.3) is 0 Å². The van der Waals surface area contributed by atoms with Gasteiger partial charge in [-0.25, -0.2) is 0 Å². The van der Waals surface area contributed by atoms with Crippen LogP contribution in [0.15, 0.2) is 24.3 Å². The van der Waals surface area contributed by atoms with Crippen molar-refractivity contribution in [2.75, 3.05) is 6.61 Å². The quantitative estimate of drug-likeness (QED) is 0.736. The highest BCUT2D eigenvalue weighted by Crippen LogP contribution is 2.17. The van der Waals surface area contributed by atoms with Gasteiger partial charge in [0, 0.05) is 12.4 Å². The van der Waals surface area contributed by atoms with Crippen LogP contribution in [0.2, 0.25) is 0 Å². The highest BCUT2D eigenvalue weighted by Gasteiger charge is 2.12. The normalized spacial score (nSPS) is 10.6. The fraction of sp³-hybridized carbons (Fsp3) is 0.333. The van der Waals surface area contributed by atoms with Crippen molar-refractivity contribution >= 4 is 16.9 Å². The van der Waals surface area contributed by atoms with Crippen molar-refractivity contribution in [3.63, 3.8) is 0 Å². The molecular weight excluding hydrogens is 204 g/mol. The lowest BCUT2D eigenvalue weighted by Crippen LogP contribution is -2.08. The monoisotopic (exact) mass is 218 g/mol. The number of aromatic nitrogens is 2. The fourth-order valence-corrected chi connectivity index (χ4v) is 1.77. The van der Waals surface area contributed by atoms with E-state index in [9.17, 15) is 4.79 Å². The molecule has 16 heavy (non-hydrogen) atoms. The van der Waals surface area contributed by atoms with E-state index in [0.29, 0.717) is 6.61 Å². The molecule has 4 heteroatoms. The molecule has 0 bridgehead atoms. The number of para-hydroxylation sites is 1. The van der Waals surface area contributed by atoms with Crippen LogP contribution < -0.4 is 0 Å². The molecule has 1 aromatic carbocycles. The molecule has 0 radical (unpaired) electrons. The smallest absolute Gasteiger partial charge is 0.311 e. The van der Waals surface area contributed by atoms with Gasteiger partial charge in [0.15, 0.2) is 0 Å². The maximum Gasteiger partial charge on any atom is 0.311 e. The molecule has 0 saturated carbocycles. The van der Waals surface area contributed by atoms with Crippen LogP contribution >= 0.6 is 0 Å². The van der Waals surface area contributed by atoms with Crippen LogP contribution in [0.1, 0.15) is 12.6 Å². The summed E-state index contributed by atoms with van der Waals surface area (Å²) < 4.78 is 6.70. The largest absolute Gasteiger partial charge is 0.466 e. The second-order valence-corrected chi connectivity index (χ2v) is 3.57. The number of esters is 1. The number of ether oxygens (including phenoxy) is 1. The van der Waals surface area contributed by atoms with Crippen molar-refractivity contribution in [1.29, 1.82) is 0 Å². The molecule has 0 N–H and O–H groups in total. The van der Waals surface area contributed by atoms with Crippen LogP contribution in [0.5, 0.6) is 0 Å². The number of carbonyl (C=O) groups excluding carboxylic acids is 1. The molecule has 0 aliphatic carbocycles. The van der Waals surface area contributed by atoms with Crippen molar-refractivity contribution in [3.8, 4) is 0 Å². The van der Waals surface area contributed by atoms with Gasteiger partial charge in [0.2, 0.25) is 0 Å². The Hall–Kier alpha value is -1.84. The summed E-state index contributed by atoms with van der Waals surface area (Å²) in [6, 6.07) is 7.85. The van der Waals surface area contributed by atoms with Gasteiger partial charge in [-0.1, -0.05) is 18.2 Å². The second kappa shape index (κ2) is 4.35. The molecule has 0 amide bonds. The van der Waals surface area contributed by atoms with Crippen molar-refractivity contribution < 1.29 is 9.53 Å². The number of carbonyl (C=O) groups is 1. The van der Waals surface area contributed by atoms with Gasteiger partial charge in [-0.05, 0) is 13.0 Å². The lowest BCUT2D eigenvalue weighted by atomic mass is 10.2. The van der Waals surface area contributed by atoms with Crippen molar-refractivity contribution in [3.05, 3.63) is 30.0 Å². The van der Waals surface area contributed by atoms with E-state index in [4.69, 9.17) is 4.74 Å². The minimum Gasteiger partial charge on any atom is -0.466 e. The van der Waals surface area contributed by atoms with Crippen LogP contribution in [0.3, 0.4) is 0 Å². The van der Waals surface area contributed by atoms with Crippen LogP contribution in [0.25, 0.3) is 10.9 Å². The Kier molecular flexibility index (Phi) is 2.90. The molecule has 0 aliphatic rings. The minimum atomic E-state index is -0.230. The van der Waals surface area contributed by atoms with Gasteiger partial charge in [0.05, 0.1) is 24.2 Å². The van der Waals surface area contributed by atoms with Crippen LogP contribution in [-0.2, 0) is 23.0 Å². The highest BCUT2D eigenvalue weighted by molar-refractivity contribution is 5.85. The number of benzene rings is 1. The van der Waals surface area contributed by atoms with Gasteiger partial charge in [-0.3, -0.25) is 9.48 Å². The first-order chi connectivity index (χ1) is 7.72. The maximum atomic E-state index is 11.4. The average Bonchev–Trinajstić information content (AvgIpc) is 2.57. The Labute approximate surface area is 93.8 Å². The Morgan fingerprint density at radius 2 is 2.19 bits per heavy atom. The zero-order chi connectivity index (χ0) is 11.5. The van der Waals surface area contributed by atoms with Crippen LogP contribution in [-0.4, -0.2) is 22.4 Å². The number of hydrogen-bond acceptors (Lipinski definition) is 3. The number of nitrogens with zero attached hydrogens (tertiary/aromatic N) is 2. The molecule has 0 atom stereocenters. The third-order valence-electron chi connectivity index (χ3n) is 2.45. The van der Waals surface area contributed by atoms with Gasteiger partial charge >= 0.3 is 5.97 Å². The summed E-state index contributed by atoms with van der Waals surface area (Å²) >= 11 is 0. The van der Waals surface area contributed by atoms with E-state index in [-0.39, 0.29) is 12.4 Å². The summed E-state index contributed by atoms with van der Waals surface area (Å²) in [7, 11) is 1.87. The first-order valence-electron chi connectivity index (χ1n) is 5.28. The summed E-state index contributed by atoms with van der Waals surface area (Å²) in [5.41, 5.74) is 1.80. The Morgan fingerprint density at radius 1 is 1.44 bits per heavy atom. The van der Waals surface area contributed by atoms with Gasteiger partial charge in [-0.15, -0.1) is 0 Å². The van der Waals surface area contributed by atoms with E-state index in [1.165, 1.54) is 0 Å². The highest BCUT2D eigenvalue weighted by atomic mass is 16.5. The number of rotatable bonds is 3. The van der Waals surface area contributed by atoms with E-state index >= 15 is 0 Å². The van der Waals surface area contributed by atoms with Crippen molar-refractivity contribution in [2.24, 2.45) is 7.05 Å². The summed E-state index contributed by atoms with van der Waals surface area (Å²) in [4.78, 5) is 11.4. The summed E-state index contributed by atoms with van der Waals surface area (Å²) in [5, 5.41) is 5.34. The molecule has 4 nitrogen and oxygen atoms in total. The van der Waals surface area contributed by atoms with E-state index < -0.39 is 0 Å². The summed E-state index contributed by atoms with van der Waals surface area (Å²) in [6.07, 6.45) is 0.231. The third kappa shape index (κ3) is 1.91. The molecule has 0 spiro atoms. The van der Waals surface area contributed by atoms with E-state index in [1.807, 2.05) is 31.3 Å². The molecule has 2 rings (SSSR count). The predicted octanol–water partition coefficient (Wildman–Crippen LogP) is 1.68.